The van der Waals surface area contributed by atoms with E-state index in [2.05, 4.69) is 31.9 Å². The van der Waals surface area contributed by atoms with Crippen LogP contribution in [0.15, 0.2) is 26.0 Å². The van der Waals surface area contributed by atoms with Crippen LogP contribution in [0.5, 0.6) is 0 Å². The summed E-state index contributed by atoms with van der Waals surface area (Å²) in [5, 5.41) is 0. The van der Waals surface area contributed by atoms with E-state index < -0.39 is 0 Å². The van der Waals surface area contributed by atoms with Crippen molar-refractivity contribution in [2.45, 2.75) is 19.9 Å². The largest absolute Gasteiger partial charge is 0.311 e. The summed E-state index contributed by atoms with van der Waals surface area (Å²) in [6.07, 6.45) is 1.79. The Morgan fingerprint density at radius 2 is 2.00 bits per heavy atom. The molecule has 0 spiro atoms. The van der Waals surface area contributed by atoms with Crippen LogP contribution in [-0.2, 0) is 0 Å². The topological polar surface area (TPSA) is 22.0 Å². The zero-order chi connectivity index (χ0) is 9.30. The van der Waals surface area contributed by atoms with Gasteiger partial charge in [0.15, 0.2) is 0 Å². The van der Waals surface area contributed by atoms with Crippen molar-refractivity contribution in [1.82, 2.24) is 4.57 Å². The van der Waals surface area contributed by atoms with Gasteiger partial charge in [0, 0.05) is 16.7 Å². The number of halogens is 2. The number of hydrogen-bond donors (Lipinski definition) is 0. The smallest absolute Gasteiger partial charge is 0.265 e. The van der Waals surface area contributed by atoms with Crippen LogP contribution in [-0.4, -0.2) is 4.57 Å². The number of pyridine rings is 1. The molecule has 0 atom stereocenters. The van der Waals surface area contributed by atoms with Gasteiger partial charge in [-0.1, -0.05) is 0 Å². The molecule has 1 rings (SSSR count). The van der Waals surface area contributed by atoms with Crippen LogP contribution in [0.1, 0.15) is 19.9 Å². The standard InChI is InChI=1S/C8H9Br2NO/c1-5(2)11-4-6(9)3-7(10)8(11)12/h3-5H,1-2H3. The van der Waals surface area contributed by atoms with Crippen molar-refractivity contribution in [3.05, 3.63) is 31.6 Å². The average molecular weight is 295 g/mol. The van der Waals surface area contributed by atoms with Crippen LogP contribution in [0.4, 0.5) is 0 Å². The summed E-state index contributed by atoms with van der Waals surface area (Å²) < 4.78 is 3.17. The summed E-state index contributed by atoms with van der Waals surface area (Å²) in [5.74, 6) is 0. The normalized spacial score (nSPS) is 10.8. The molecule has 1 aromatic heterocycles. The van der Waals surface area contributed by atoms with Crippen molar-refractivity contribution >= 4 is 31.9 Å². The van der Waals surface area contributed by atoms with E-state index in [1.807, 2.05) is 13.8 Å². The van der Waals surface area contributed by atoms with Gasteiger partial charge in [-0.15, -0.1) is 0 Å². The second kappa shape index (κ2) is 3.75. The molecule has 4 heteroatoms. The lowest BCUT2D eigenvalue weighted by Crippen LogP contribution is -2.21. The highest BCUT2D eigenvalue weighted by Crippen LogP contribution is 2.14. The average Bonchev–Trinajstić information content (AvgIpc) is 1.96. The third-order valence-corrected chi connectivity index (χ3v) is 2.52. The van der Waals surface area contributed by atoms with E-state index in [0.29, 0.717) is 4.47 Å². The van der Waals surface area contributed by atoms with Gasteiger partial charge in [0.25, 0.3) is 5.56 Å². The second-order valence-electron chi connectivity index (χ2n) is 2.81. The Morgan fingerprint density at radius 3 is 2.50 bits per heavy atom. The Kier molecular flexibility index (Phi) is 3.12. The fourth-order valence-electron chi connectivity index (χ4n) is 0.918. The first-order valence-electron chi connectivity index (χ1n) is 3.59. The van der Waals surface area contributed by atoms with E-state index in [9.17, 15) is 4.79 Å². The van der Waals surface area contributed by atoms with E-state index in [0.717, 1.165) is 4.47 Å². The molecule has 0 aliphatic rings. The first kappa shape index (κ1) is 9.99. The fraction of sp³-hybridized carbons (Fsp3) is 0.375. The maximum Gasteiger partial charge on any atom is 0.265 e. The molecular formula is C8H9Br2NO. The monoisotopic (exact) mass is 293 g/mol. The molecule has 0 radical (unpaired) electrons. The molecule has 0 aliphatic heterocycles. The van der Waals surface area contributed by atoms with Crippen LogP contribution in [0, 0.1) is 0 Å². The molecule has 0 saturated carbocycles. The molecule has 1 heterocycles. The number of rotatable bonds is 1. The van der Waals surface area contributed by atoms with Gasteiger partial charge in [-0.25, -0.2) is 0 Å². The number of hydrogen-bond acceptors (Lipinski definition) is 1. The van der Waals surface area contributed by atoms with Crippen molar-refractivity contribution in [2.24, 2.45) is 0 Å². The maximum atomic E-state index is 11.5. The van der Waals surface area contributed by atoms with Crippen molar-refractivity contribution in [3.63, 3.8) is 0 Å². The highest BCUT2D eigenvalue weighted by Gasteiger charge is 2.04. The Bertz CT molecular complexity index is 343. The second-order valence-corrected chi connectivity index (χ2v) is 4.58. The van der Waals surface area contributed by atoms with Gasteiger partial charge in [-0.3, -0.25) is 4.79 Å². The lowest BCUT2D eigenvalue weighted by atomic mass is 10.3. The minimum absolute atomic E-state index is 0.00759. The van der Waals surface area contributed by atoms with Gasteiger partial charge in [0.2, 0.25) is 0 Å². The Balaban J connectivity index is 3.38. The molecule has 0 unspecified atom stereocenters. The molecule has 1 aromatic rings. The fourth-order valence-corrected chi connectivity index (χ4v) is 2.13. The van der Waals surface area contributed by atoms with E-state index in [1.54, 1.807) is 16.8 Å². The Morgan fingerprint density at radius 1 is 1.42 bits per heavy atom. The van der Waals surface area contributed by atoms with Crippen LogP contribution in [0.2, 0.25) is 0 Å². The molecule has 2 nitrogen and oxygen atoms in total. The molecule has 0 fully saturated rings. The first-order valence-corrected chi connectivity index (χ1v) is 5.18. The zero-order valence-electron chi connectivity index (χ0n) is 6.84. The van der Waals surface area contributed by atoms with Crippen LogP contribution in [0.25, 0.3) is 0 Å². The Hall–Kier alpha value is -0.0900. The van der Waals surface area contributed by atoms with Crippen molar-refractivity contribution in [2.75, 3.05) is 0 Å². The highest BCUT2D eigenvalue weighted by atomic mass is 79.9. The molecule has 0 saturated heterocycles. The SMILES string of the molecule is CC(C)n1cc(Br)cc(Br)c1=O. The molecule has 12 heavy (non-hydrogen) atoms. The predicted molar refractivity (Wildman–Crippen MR) is 56.5 cm³/mol. The van der Waals surface area contributed by atoms with Crippen LogP contribution in [0.3, 0.4) is 0 Å². The van der Waals surface area contributed by atoms with Crippen LogP contribution >= 0.6 is 31.9 Å². The van der Waals surface area contributed by atoms with Gasteiger partial charge >= 0.3 is 0 Å². The first-order chi connectivity index (χ1) is 5.52. The van der Waals surface area contributed by atoms with E-state index in [1.165, 1.54) is 0 Å². The molecule has 66 valence electrons. The predicted octanol–water partition coefficient (Wildman–Crippen LogP) is 2.95. The summed E-state index contributed by atoms with van der Waals surface area (Å²) in [5.41, 5.74) is 0.00759. The summed E-state index contributed by atoms with van der Waals surface area (Å²) >= 11 is 6.53. The Labute approximate surface area is 87.9 Å². The number of nitrogens with zero attached hydrogens (tertiary/aromatic N) is 1. The minimum atomic E-state index is 0.00759. The number of aromatic nitrogens is 1. The molecular weight excluding hydrogens is 286 g/mol. The van der Waals surface area contributed by atoms with Crippen molar-refractivity contribution in [3.8, 4) is 0 Å². The van der Waals surface area contributed by atoms with Gasteiger partial charge in [-0.2, -0.15) is 0 Å². The lowest BCUT2D eigenvalue weighted by Gasteiger charge is -2.10. The lowest BCUT2D eigenvalue weighted by molar-refractivity contribution is 0.574. The third-order valence-electron chi connectivity index (χ3n) is 1.52. The molecule has 0 aromatic carbocycles. The summed E-state index contributed by atoms with van der Waals surface area (Å²) in [6.45, 7) is 3.94. The maximum absolute atomic E-state index is 11.5. The minimum Gasteiger partial charge on any atom is -0.311 e. The molecule has 0 N–H and O–H groups in total. The highest BCUT2D eigenvalue weighted by molar-refractivity contribution is 9.11. The van der Waals surface area contributed by atoms with Gasteiger partial charge in [0.05, 0.1) is 4.47 Å². The van der Waals surface area contributed by atoms with Crippen LogP contribution < -0.4 is 5.56 Å². The summed E-state index contributed by atoms with van der Waals surface area (Å²) in [6, 6.07) is 1.94. The molecule has 0 amide bonds. The van der Waals surface area contributed by atoms with E-state index >= 15 is 0 Å². The van der Waals surface area contributed by atoms with Gasteiger partial charge in [0.1, 0.15) is 0 Å². The van der Waals surface area contributed by atoms with Gasteiger partial charge < -0.3 is 4.57 Å². The van der Waals surface area contributed by atoms with Crippen molar-refractivity contribution < 1.29 is 0 Å². The molecule has 0 bridgehead atoms. The van der Waals surface area contributed by atoms with Gasteiger partial charge in [-0.05, 0) is 51.8 Å². The van der Waals surface area contributed by atoms with Crippen molar-refractivity contribution in [1.29, 1.82) is 0 Å². The van der Waals surface area contributed by atoms with E-state index in [-0.39, 0.29) is 11.6 Å². The van der Waals surface area contributed by atoms with E-state index in [4.69, 9.17) is 0 Å². The summed E-state index contributed by atoms with van der Waals surface area (Å²) in [7, 11) is 0. The third kappa shape index (κ3) is 1.98. The zero-order valence-corrected chi connectivity index (χ0v) is 10.0. The molecule has 0 aliphatic carbocycles. The summed E-state index contributed by atoms with van der Waals surface area (Å²) in [4.78, 5) is 11.5. The quantitative estimate of drug-likeness (QED) is 0.780.